The van der Waals surface area contributed by atoms with E-state index >= 15 is 0 Å². The van der Waals surface area contributed by atoms with Crippen molar-refractivity contribution >= 4 is 45.5 Å². The summed E-state index contributed by atoms with van der Waals surface area (Å²) in [7, 11) is 0. The van der Waals surface area contributed by atoms with Crippen molar-refractivity contribution in [3.05, 3.63) is 142 Å². The Hall–Kier alpha value is -4.35. The van der Waals surface area contributed by atoms with Crippen LogP contribution < -0.4 is 0 Å². The van der Waals surface area contributed by atoms with E-state index in [4.69, 9.17) is 4.99 Å². The lowest BCUT2D eigenvalue weighted by molar-refractivity contribution is -0.122. The Morgan fingerprint density at radius 2 is 1.50 bits per heavy atom. The predicted molar refractivity (Wildman–Crippen MR) is 168 cm³/mol. The van der Waals surface area contributed by atoms with Gasteiger partial charge < -0.3 is 4.57 Å². The first-order chi connectivity index (χ1) is 19.6. The highest BCUT2D eigenvalue weighted by molar-refractivity contribution is 8.18. The van der Waals surface area contributed by atoms with Crippen LogP contribution in [0, 0.1) is 13.8 Å². The van der Waals surface area contributed by atoms with Gasteiger partial charge in [0.1, 0.15) is 0 Å². The van der Waals surface area contributed by atoms with Gasteiger partial charge >= 0.3 is 0 Å². The van der Waals surface area contributed by atoms with Crippen LogP contribution in [0.5, 0.6) is 0 Å². The zero-order valence-corrected chi connectivity index (χ0v) is 23.6. The largest absolute Gasteiger partial charge is 0.340 e. The van der Waals surface area contributed by atoms with Crippen molar-refractivity contribution in [2.45, 2.75) is 26.8 Å². The van der Waals surface area contributed by atoms with Crippen LogP contribution in [0.1, 0.15) is 27.9 Å². The molecule has 2 heterocycles. The number of carbonyl (C=O) groups is 1. The first-order valence-electron chi connectivity index (χ1n) is 13.6. The second kappa shape index (κ2) is 11.4. The number of aromatic nitrogens is 1. The van der Waals surface area contributed by atoms with Gasteiger partial charge in [-0.05, 0) is 67.4 Å². The minimum absolute atomic E-state index is 0.00512. The van der Waals surface area contributed by atoms with Gasteiger partial charge in [-0.2, -0.15) is 0 Å². The maximum atomic E-state index is 13.9. The number of rotatable bonds is 7. The normalized spacial score (nSPS) is 15.6. The molecule has 0 aliphatic carbocycles. The summed E-state index contributed by atoms with van der Waals surface area (Å²) >= 11 is 1.46. The fourth-order valence-electron chi connectivity index (χ4n) is 5.25. The summed E-state index contributed by atoms with van der Waals surface area (Å²) in [6.07, 6.45) is 2.84. The van der Waals surface area contributed by atoms with E-state index in [0.29, 0.717) is 11.4 Å². The number of aliphatic imine (C=N–C) groups is 1. The van der Waals surface area contributed by atoms with Crippen LogP contribution in [-0.2, 0) is 17.8 Å². The molecule has 0 N–H and O–H groups in total. The first kappa shape index (κ1) is 25.9. The molecule has 0 radical (unpaired) electrons. The molecule has 4 aromatic carbocycles. The number of amides is 1. The van der Waals surface area contributed by atoms with Gasteiger partial charge in [0.15, 0.2) is 5.17 Å². The van der Waals surface area contributed by atoms with Crippen LogP contribution >= 0.6 is 11.8 Å². The van der Waals surface area contributed by atoms with E-state index in [-0.39, 0.29) is 5.91 Å². The van der Waals surface area contributed by atoms with Crippen LogP contribution in [0.4, 0.5) is 5.69 Å². The molecule has 1 saturated heterocycles. The molecule has 4 nitrogen and oxygen atoms in total. The van der Waals surface area contributed by atoms with Gasteiger partial charge in [-0.25, -0.2) is 4.99 Å². The van der Waals surface area contributed by atoms with Gasteiger partial charge in [0.05, 0.1) is 10.6 Å². The van der Waals surface area contributed by atoms with Crippen LogP contribution in [0.2, 0.25) is 0 Å². The van der Waals surface area contributed by atoms with E-state index in [2.05, 4.69) is 85.2 Å². The number of para-hydroxylation sites is 2. The minimum Gasteiger partial charge on any atom is -0.340 e. The molecule has 0 atom stereocenters. The van der Waals surface area contributed by atoms with Crippen LogP contribution in [0.25, 0.3) is 17.0 Å². The highest BCUT2D eigenvalue weighted by atomic mass is 32.2. The van der Waals surface area contributed by atoms with Gasteiger partial charge in [0.2, 0.25) is 0 Å². The maximum Gasteiger partial charge on any atom is 0.266 e. The quantitative estimate of drug-likeness (QED) is 0.195. The van der Waals surface area contributed by atoms with Crippen molar-refractivity contribution in [1.29, 1.82) is 0 Å². The van der Waals surface area contributed by atoms with Gasteiger partial charge in [-0.1, -0.05) is 96.6 Å². The Labute approximate surface area is 239 Å². The number of thioether (sulfide) groups is 1. The summed E-state index contributed by atoms with van der Waals surface area (Å²) in [5.41, 5.74) is 7.96. The number of carbonyl (C=O) groups excluding carboxylic acids is 1. The molecule has 0 bridgehead atoms. The Kier molecular flexibility index (Phi) is 7.39. The highest BCUT2D eigenvalue weighted by Crippen LogP contribution is 2.37. The summed E-state index contributed by atoms with van der Waals surface area (Å²) in [5.74, 6) is 0.00512. The molecule has 198 valence electrons. The lowest BCUT2D eigenvalue weighted by atomic mass is 10.1. The molecule has 40 heavy (non-hydrogen) atoms. The average molecular weight is 542 g/mol. The fourth-order valence-corrected chi connectivity index (χ4v) is 6.26. The van der Waals surface area contributed by atoms with E-state index in [0.717, 1.165) is 40.5 Å². The van der Waals surface area contributed by atoms with E-state index in [1.165, 1.54) is 34.0 Å². The number of amidine groups is 1. The monoisotopic (exact) mass is 541 g/mol. The molecular weight excluding hydrogens is 510 g/mol. The van der Waals surface area contributed by atoms with E-state index in [1.807, 2.05) is 53.4 Å². The SMILES string of the molecule is Cc1cccc(Cn2c(C)c(/C=C3/SC(=Nc4ccccc4)N(CCc4ccccc4)C3=O)c3ccccc32)c1. The Morgan fingerprint density at radius 3 is 2.27 bits per heavy atom. The molecule has 0 saturated carbocycles. The second-order valence-corrected chi connectivity index (χ2v) is 11.1. The van der Waals surface area contributed by atoms with Crippen molar-refractivity contribution in [2.75, 3.05) is 6.54 Å². The predicted octanol–water partition coefficient (Wildman–Crippen LogP) is 8.15. The Bertz CT molecular complexity index is 1740. The molecule has 1 aromatic heterocycles. The first-order valence-corrected chi connectivity index (χ1v) is 14.4. The lowest BCUT2D eigenvalue weighted by Gasteiger charge is -2.15. The molecule has 1 aliphatic heterocycles. The smallest absolute Gasteiger partial charge is 0.266 e. The fraction of sp³-hybridized carbons (Fsp3) is 0.143. The molecule has 0 spiro atoms. The minimum atomic E-state index is 0.00512. The summed E-state index contributed by atoms with van der Waals surface area (Å²) in [6, 6.07) is 37.3. The number of nitrogens with zero attached hydrogens (tertiary/aromatic N) is 3. The Morgan fingerprint density at radius 1 is 0.800 bits per heavy atom. The van der Waals surface area contributed by atoms with Gasteiger partial charge in [0.25, 0.3) is 5.91 Å². The molecular formula is C35H31N3OS. The molecule has 5 aromatic rings. The van der Waals surface area contributed by atoms with Crippen molar-refractivity contribution in [1.82, 2.24) is 9.47 Å². The summed E-state index contributed by atoms with van der Waals surface area (Å²) in [4.78, 5) is 21.3. The number of aryl methyl sites for hydroxylation is 1. The summed E-state index contributed by atoms with van der Waals surface area (Å²) in [5, 5.41) is 1.87. The van der Waals surface area contributed by atoms with Crippen LogP contribution in [0.3, 0.4) is 0 Å². The molecule has 1 amide bonds. The lowest BCUT2D eigenvalue weighted by Crippen LogP contribution is -2.31. The molecule has 1 aliphatic rings. The van der Waals surface area contributed by atoms with E-state index < -0.39 is 0 Å². The van der Waals surface area contributed by atoms with Crippen LogP contribution in [0.15, 0.2) is 119 Å². The van der Waals surface area contributed by atoms with Gasteiger partial charge in [0, 0.05) is 35.2 Å². The zero-order chi connectivity index (χ0) is 27.5. The van der Waals surface area contributed by atoms with Gasteiger partial charge in [-0.3, -0.25) is 9.69 Å². The number of hydrogen-bond acceptors (Lipinski definition) is 3. The van der Waals surface area contributed by atoms with Gasteiger partial charge in [-0.15, -0.1) is 0 Å². The molecule has 1 fully saturated rings. The van der Waals surface area contributed by atoms with Crippen LogP contribution in [-0.4, -0.2) is 27.1 Å². The number of hydrogen-bond donors (Lipinski definition) is 0. The maximum absolute atomic E-state index is 13.9. The van der Waals surface area contributed by atoms with Crippen molar-refractivity contribution in [3.8, 4) is 0 Å². The van der Waals surface area contributed by atoms with E-state index in [9.17, 15) is 4.79 Å². The third-order valence-electron chi connectivity index (χ3n) is 7.31. The van der Waals surface area contributed by atoms with E-state index in [1.54, 1.807) is 0 Å². The zero-order valence-electron chi connectivity index (χ0n) is 22.7. The Balaban J connectivity index is 1.38. The second-order valence-electron chi connectivity index (χ2n) is 10.1. The summed E-state index contributed by atoms with van der Waals surface area (Å²) < 4.78 is 2.35. The third kappa shape index (κ3) is 5.38. The highest BCUT2D eigenvalue weighted by Gasteiger charge is 2.33. The average Bonchev–Trinajstić information content (AvgIpc) is 3.41. The third-order valence-corrected chi connectivity index (χ3v) is 8.32. The molecule has 0 unspecified atom stereocenters. The molecule has 6 rings (SSSR count). The number of benzene rings is 4. The van der Waals surface area contributed by atoms with Crippen molar-refractivity contribution < 1.29 is 4.79 Å². The van der Waals surface area contributed by atoms with Crippen molar-refractivity contribution in [2.24, 2.45) is 4.99 Å². The molecule has 5 heteroatoms. The number of fused-ring (bicyclic) bond motifs is 1. The topological polar surface area (TPSA) is 37.6 Å². The standard InChI is InChI=1S/C35H31N3OS/c1-25-12-11-15-28(22-25)24-38-26(2)31(30-18-9-10-19-32(30)38)23-33-34(39)37(21-20-27-13-5-3-6-14-27)35(40-33)36-29-16-7-4-8-17-29/h3-19,22-23H,20-21,24H2,1-2H3/b33-23+,36-35?. The van der Waals surface area contributed by atoms with Crippen molar-refractivity contribution in [3.63, 3.8) is 0 Å². The summed E-state index contributed by atoms with van der Waals surface area (Å²) in [6.45, 7) is 5.63.